The molecule has 1 heterocycles. The monoisotopic (exact) mass is 680 g/mol. The van der Waals surface area contributed by atoms with E-state index < -0.39 is 29.6 Å². The fourth-order valence-electron chi connectivity index (χ4n) is 4.69. The molecule has 10 nitrogen and oxygen atoms in total. The average Bonchev–Trinajstić information content (AvgIpc) is 3.29. The van der Waals surface area contributed by atoms with Gasteiger partial charge in [0.2, 0.25) is 0 Å². The number of esters is 1. The van der Waals surface area contributed by atoms with E-state index in [0.717, 1.165) is 52.8 Å². The van der Waals surface area contributed by atoms with Gasteiger partial charge in [-0.1, -0.05) is 38.1 Å². The topological polar surface area (TPSA) is 127 Å². The number of amides is 3. The fourth-order valence-corrected chi connectivity index (χ4v) is 5.35. The summed E-state index contributed by atoms with van der Waals surface area (Å²) in [6.07, 6.45) is -4.50. The number of anilines is 3. The molecule has 4 rings (SSSR count). The van der Waals surface area contributed by atoms with Crippen LogP contribution in [0.1, 0.15) is 59.3 Å². The number of ether oxygens (including phenoxy) is 1. The Kier molecular flexibility index (Phi) is 11.3. The summed E-state index contributed by atoms with van der Waals surface area (Å²) >= 11 is 1.07. The third kappa shape index (κ3) is 9.25. The number of nitrogens with zero attached hydrogens (tertiary/aromatic N) is 3. The molecule has 48 heavy (non-hydrogen) atoms. The molecule has 0 spiro atoms. The molecular formula is C34H35F3N6O4S. The Morgan fingerprint density at radius 2 is 1.62 bits per heavy atom. The van der Waals surface area contributed by atoms with E-state index in [1.165, 1.54) is 11.6 Å². The molecule has 0 radical (unpaired) electrons. The summed E-state index contributed by atoms with van der Waals surface area (Å²) in [6, 6.07) is 16.1. The molecule has 0 aliphatic carbocycles. The van der Waals surface area contributed by atoms with Crippen molar-refractivity contribution in [3.05, 3.63) is 94.5 Å². The molecule has 14 heteroatoms. The van der Waals surface area contributed by atoms with Gasteiger partial charge < -0.3 is 20.7 Å². The smallest absolute Gasteiger partial charge is 0.416 e. The fraction of sp³-hybridized carbons (Fsp3) is 0.265. The molecule has 3 aromatic carbocycles. The SMILES string of the molecule is CC(=O)OCS/C(=N\C(=O)Nc1ccc(-c2nn(C)c(NC(=O)c3ccc(C(F)(F)F)cc3)c2C)cc1)Nc1cc(C)ccc1C(C)C. The molecule has 0 bridgehead atoms. The summed E-state index contributed by atoms with van der Waals surface area (Å²) in [6.45, 7) is 9.13. The molecule has 252 valence electrons. The first-order valence-corrected chi connectivity index (χ1v) is 15.8. The first kappa shape index (κ1) is 35.7. The summed E-state index contributed by atoms with van der Waals surface area (Å²) in [5.74, 6) is -0.497. The first-order valence-electron chi connectivity index (χ1n) is 14.8. The van der Waals surface area contributed by atoms with Crippen LogP contribution < -0.4 is 16.0 Å². The van der Waals surface area contributed by atoms with Crippen LogP contribution >= 0.6 is 11.8 Å². The van der Waals surface area contributed by atoms with Crippen molar-refractivity contribution in [1.82, 2.24) is 9.78 Å². The molecule has 0 atom stereocenters. The second kappa shape index (κ2) is 15.2. The van der Waals surface area contributed by atoms with Crippen molar-refractivity contribution in [2.75, 3.05) is 21.9 Å². The van der Waals surface area contributed by atoms with Crippen LogP contribution in [0.2, 0.25) is 0 Å². The Labute approximate surface area is 280 Å². The summed E-state index contributed by atoms with van der Waals surface area (Å²) in [7, 11) is 1.64. The van der Waals surface area contributed by atoms with Crippen molar-refractivity contribution in [2.24, 2.45) is 12.0 Å². The molecule has 0 unspecified atom stereocenters. The van der Waals surface area contributed by atoms with Gasteiger partial charge in [0.25, 0.3) is 5.91 Å². The lowest BCUT2D eigenvalue weighted by Gasteiger charge is -2.16. The van der Waals surface area contributed by atoms with E-state index in [-0.39, 0.29) is 22.6 Å². The summed E-state index contributed by atoms with van der Waals surface area (Å²) in [5, 5.41) is 13.4. The van der Waals surface area contributed by atoms with Crippen molar-refractivity contribution >= 4 is 52.0 Å². The zero-order chi connectivity index (χ0) is 35.2. The van der Waals surface area contributed by atoms with Crippen LogP contribution in [-0.2, 0) is 22.8 Å². The summed E-state index contributed by atoms with van der Waals surface area (Å²) < 4.78 is 45.2. The minimum absolute atomic E-state index is 0.0395. The van der Waals surface area contributed by atoms with Gasteiger partial charge in [-0.25, -0.2) is 4.79 Å². The lowest BCUT2D eigenvalue weighted by atomic mass is 9.99. The number of benzene rings is 3. The molecule has 1 aromatic heterocycles. The normalized spacial score (nSPS) is 11.8. The van der Waals surface area contributed by atoms with Crippen LogP contribution in [0.5, 0.6) is 0 Å². The minimum Gasteiger partial charge on any atom is -0.454 e. The molecule has 0 fully saturated rings. The number of rotatable bonds is 8. The molecule has 0 saturated heterocycles. The third-order valence-corrected chi connectivity index (χ3v) is 7.84. The third-order valence-electron chi connectivity index (χ3n) is 7.13. The zero-order valence-corrected chi connectivity index (χ0v) is 28.0. The highest BCUT2D eigenvalue weighted by molar-refractivity contribution is 8.14. The second-order valence-corrected chi connectivity index (χ2v) is 12.1. The maximum atomic E-state index is 13.0. The number of aromatic nitrogens is 2. The van der Waals surface area contributed by atoms with Gasteiger partial charge in [-0.2, -0.15) is 23.3 Å². The van der Waals surface area contributed by atoms with Gasteiger partial charge in [-0.15, -0.1) is 0 Å². The zero-order valence-electron chi connectivity index (χ0n) is 27.2. The Bertz CT molecular complexity index is 1840. The van der Waals surface area contributed by atoms with Crippen LogP contribution in [0.25, 0.3) is 11.3 Å². The van der Waals surface area contributed by atoms with Crippen LogP contribution in [0, 0.1) is 13.8 Å². The number of aliphatic imine (C=N–C) groups is 1. The van der Waals surface area contributed by atoms with Gasteiger partial charge in [0.15, 0.2) is 5.17 Å². The lowest BCUT2D eigenvalue weighted by Crippen LogP contribution is -2.17. The number of carbonyl (C=O) groups excluding carboxylic acids is 3. The number of urea groups is 1. The quantitative estimate of drug-likeness (QED) is 0.0739. The Hall–Kier alpha value is -5.11. The van der Waals surface area contributed by atoms with Crippen molar-refractivity contribution in [3.8, 4) is 11.3 Å². The van der Waals surface area contributed by atoms with Gasteiger partial charge in [0.05, 0.1) is 11.3 Å². The first-order chi connectivity index (χ1) is 22.6. The van der Waals surface area contributed by atoms with Gasteiger partial charge in [0, 0.05) is 42.0 Å². The molecule has 0 saturated carbocycles. The van der Waals surface area contributed by atoms with E-state index in [1.54, 1.807) is 38.2 Å². The van der Waals surface area contributed by atoms with Crippen molar-refractivity contribution < 1.29 is 32.3 Å². The lowest BCUT2D eigenvalue weighted by molar-refractivity contribution is -0.139. The number of halogens is 3. The maximum absolute atomic E-state index is 13.0. The predicted molar refractivity (Wildman–Crippen MR) is 182 cm³/mol. The number of carbonyl (C=O) groups is 3. The number of hydrogen-bond donors (Lipinski definition) is 3. The number of thioether (sulfide) groups is 1. The van der Waals surface area contributed by atoms with Gasteiger partial charge >= 0.3 is 18.2 Å². The highest BCUT2D eigenvalue weighted by Gasteiger charge is 2.30. The van der Waals surface area contributed by atoms with E-state index in [1.807, 2.05) is 25.1 Å². The molecule has 0 aliphatic heterocycles. The Morgan fingerprint density at radius 3 is 2.23 bits per heavy atom. The van der Waals surface area contributed by atoms with E-state index in [9.17, 15) is 27.6 Å². The van der Waals surface area contributed by atoms with Crippen molar-refractivity contribution in [3.63, 3.8) is 0 Å². The predicted octanol–water partition coefficient (Wildman–Crippen LogP) is 8.35. The van der Waals surface area contributed by atoms with E-state index in [0.29, 0.717) is 28.3 Å². The van der Waals surface area contributed by atoms with Crippen molar-refractivity contribution in [1.29, 1.82) is 0 Å². The number of aryl methyl sites for hydroxylation is 2. The summed E-state index contributed by atoms with van der Waals surface area (Å²) in [4.78, 5) is 41.3. The maximum Gasteiger partial charge on any atom is 0.416 e. The number of nitrogens with one attached hydrogen (secondary N) is 3. The highest BCUT2D eigenvalue weighted by atomic mass is 32.2. The van der Waals surface area contributed by atoms with Crippen LogP contribution in [-0.4, -0.2) is 38.8 Å². The van der Waals surface area contributed by atoms with Gasteiger partial charge in [-0.05, 0) is 85.1 Å². The summed E-state index contributed by atoms with van der Waals surface area (Å²) in [5.41, 5.74) is 4.41. The standard InChI is InChI=1S/C34H35F3N6O4S/c1-19(2)27-16-7-20(3)17-28(27)39-33(48-18-47-22(5)44)41-32(46)38-26-14-10-23(11-15-26)29-21(4)30(43(6)42-29)40-31(45)24-8-12-25(13-9-24)34(35,36)37/h7-17,19H,18H2,1-6H3,(H,40,45)(H2,38,39,41,46). The Morgan fingerprint density at radius 1 is 0.958 bits per heavy atom. The van der Waals surface area contributed by atoms with Crippen LogP contribution in [0.15, 0.2) is 71.7 Å². The number of hydrogen-bond acceptors (Lipinski definition) is 6. The molecular weight excluding hydrogens is 645 g/mol. The van der Waals surface area contributed by atoms with Gasteiger partial charge in [0.1, 0.15) is 11.8 Å². The van der Waals surface area contributed by atoms with E-state index in [2.05, 4.69) is 39.9 Å². The largest absolute Gasteiger partial charge is 0.454 e. The van der Waals surface area contributed by atoms with Crippen LogP contribution in [0.4, 0.5) is 35.2 Å². The van der Waals surface area contributed by atoms with E-state index >= 15 is 0 Å². The number of alkyl halides is 3. The Balaban J connectivity index is 1.48. The number of amidine groups is 1. The second-order valence-electron chi connectivity index (χ2n) is 11.2. The minimum atomic E-state index is -4.50. The molecule has 3 N–H and O–H groups in total. The van der Waals surface area contributed by atoms with Gasteiger partial charge in [-0.3, -0.25) is 14.3 Å². The van der Waals surface area contributed by atoms with E-state index in [4.69, 9.17) is 4.74 Å². The van der Waals surface area contributed by atoms with Crippen molar-refractivity contribution in [2.45, 2.75) is 46.7 Å². The molecule has 4 aromatic rings. The highest BCUT2D eigenvalue weighted by Crippen LogP contribution is 2.31. The molecule has 3 amide bonds. The average molecular weight is 681 g/mol. The molecule has 0 aliphatic rings. The van der Waals surface area contributed by atoms with Crippen LogP contribution in [0.3, 0.4) is 0 Å².